The molecule has 1 fully saturated rings. The van der Waals surface area contributed by atoms with E-state index in [9.17, 15) is 0 Å². The molecule has 1 aliphatic rings. The van der Waals surface area contributed by atoms with Crippen LogP contribution in [0.5, 0.6) is 5.75 Å². The molecule has 3 N–H and O–H groups in total. The maximum atomic E-state index is 5.69. The Kier molecular flexibility index (Phi) is 4.58. The molecule has 1 aromatic carbocycles. The van der Waals surface area contributed by atoms with Crippen molar-refractivity contribution in [1.82, 2.24) is 5.43 Å². The summed E-state index contributed by atoms with van der Waals surface area (Å²) in [6, 6.07) is 8.26. The minimum absolute atomic E-state index is 0.144. The zero-order valence-electron chi connectivity index (χ0n) is 11.1. The molecule has 4 heteroatoms. The van der Waals surface area contributed by atoms with Crippen molar-refractivity contribution < 1.29 is 9.47 Å². The summed E-state index contributed by atoms with van der Waals surface area (Å²) in [5.41, 5.74) is 4.10. The summed E-state index contributed by atoms with van der Waals surface area (Å²) in [5.74, 6) is 7.02. The first-order valence-corrected chi connectivity index (χ1v) is 6.55. The lowest BCUT2D eigenvalue weighted by Crippen LogP contribution is -2.33. The number of hydrogen-bond acceptors (Lipinski definition) is 4. The van der Waals surface area contributed by atoms with Crippen LogP contribution >= 0.6 is 0 Å². The number of nitrogens with two attached hydrogens (primary N) is 1. The summed E-state index contributed by atoms with van der Waals surface area (Å²) < 4.78 is 11.1. The number of ether oxygens (including phenoxy) is 2. The first kappa shape index (κ1) is 13.3. The standard InChI is InChI=1S/C14H22N2O2/c1-3-17-13-6-4-11(5-7-13)14(16-15)12-8-10(2)18-9-12/h4-7,10,12,14,16H,3,8-9,15H2,1-2H3. The van der Waals surface area contributed by atoms with Gasteiger partial charge in [0.05, 0.1) is 25.4 Å². The van der Waals surface area contributed by atoms with Crippen LogP contribution in [-0.4, -0.2) is 19.3 Å². The Balaban J connectivity index is 2.07. The van der Waals surface area contributed by atoms with E-state index < -0.39 is 0 Å². The SMILES string of the molecule is CCOc1ccc(C(NN)C2COC(C)C2)cc1. The molecule has 2 rings (SSSR count). The fraction of sp³-hybridized carbons (Fsp3) is 0.571. The van der Waals surface area contributed by atoms with Crippen molar-refractivity contribution in [3.63, 3.8) is 0 Å². The van der Waals surface area contributed by atoms with Crippen LogP contribution in [0.25, 0.3) is 0 Å². The average molecular weight is 250 g/mol. The lowest BCUT2D eigenvalue weighted by molar-refractivity contribution is 0.117. The van der Waals surface area contributed by atoms with E-state index in [1.54, 1.807) is 0 Å². The van der Waals surface area contributed by atoms with E-state index in [1.165, 1.54) is 5.56 Å². The third-order valence-corrected chi connectivity index (χ3v) is 3.43. The van der Waals surface area contributed by atoms with Gasteiger partial charge in [-0.2, -0.15) is 0 Å². The molecule has 100 valence electrons. The summed E-state index contributed by atoms with van der Waals surface area (Å²) in [6.45, 7) is 5.54. The fourth-order valence-corrected chi connectivity index (χ4v) is 2.53. The molecule has 0 aliphatic carbocycles. The zero-order chi connectivity index (χ0) is 13.0. The molecule has 3 unspecified atom stereocenters. The minimum Gasteiger partial charge on any atom is -0.494 e. The summed E-state index contributed by atoms with van der Waals surface area (Å²) in [7, 11) is 0. The lowest BCUT2D eigenvalue weighted by atomic mass is 9.91. The predicted octanol–water partition coefficient (Wildman–Crippen LogP) is 2.01. The Morgan fingerprint density at radius 1 is 1.44 bits per heavy atom. The Morgan fingerprint density at radius 2 is 2.17 bits per heavy atom. The molecule has 0 saturated carbocycles. The molecule has 0 radical (unpaired) electrons. The van der Waals surface area contributed by atoms with Crippen molar-refractivity contribution >= 4 is 0 Å². The first-order chi connectivity index (χ1) is 8.74. The van der Waals surface area contributed by atoms with Gasteiger partial charge in [0.25, 0.3) is 0 Å². The second-order valence-corrected chi connectivity index (χ2v) is 4.79. The topological polar surface area (TPSA) is 56.5 Å². The molecule has 1 heterocycles. The van der Waals surface area contributed by atoms with Gasteiger partial charge in [0.15, 0.2) is 0 Å². The highest BCUT2D eigenvalue weighted by Gasteiger charge is 2.29. The number of nitrogens with one attached hydrogen (secondary N) is 1. The summed E-state index contributed by atoms with van der Waals surface area (Å²) in [5, 5.41) is 0. The quantitative estimate of drug-likeness (QED) is 0.620. The minimum atomic E-state index is 0.144. The Bertz CT molecular complexity index is 367. The molecule has 0 bridgehead atoms. The predicted molar refractivity (Wildman–Crippen MR) is 71.2 cm³/mol. The normalized spacial score (nSPS) is 25.1. The lowest BCUT2D eigenvalue weighted by Gasteiger charge is -2.22. The largest absolute Gasteiger partial charge is 0.494 e. The fourth-order valence-electron chi connectivity index (χ4n) is 2.53. The van der Waals surface area contributed by atoms with Crippen LogP contribution in [0.2, 0.25) is 0 Å². The summed E-state index contributed by atoms with van der Waals surface area (Å²) in [4.78, 5) is 0. The molecule has 1 aromatic rings. The van der Waals surface area contributed by atoms with Gasteiger partial charge in [0, 0.05) is 5.92 Å². The van der Waals surface area contributed by atoms with Gasteiger partial charge >= 0.3 is 0 Å². The van der Waals surface area contributed by atoms with E-state index in [0.717, 1.165) is 18.8 Å². The van der Waals surface area contributed by atoms with Crippen LogP contribution in [-0.2, 0) is 4.74 Å². The van der Waals surface area contributed by atoms with Crippen LogP contribution in [0, 0.1) is 5.92 Å². The van der Waals surface area contributed by atoms with Gasteiger partial charge in [0.2, 0.25) is 0 Å². The Labute approximate surface area is 108 Å². The zero-order valence-corrected chi connectivity index (χ0v) is 11.1. The van der Waals surface area contributed by atoms with Gasteiger partial charge < -0.3 is 9.47 Å². The average Bonchev–Trinajstić information content (AvgIpc) is 2.79. The van der Waals surface area contributed by atoms with Crippen molar-refractivity contribution in [3.8, 4) is 5.75 Å². The molecule has 18 heavy (non-hydrogen) atoms. The van der Waals surface area contributed by atoms with Crippen molar-refractivity contribution in [2.75, 3.05) is 13.2 Å². The van der Waals surface area contributed by atoms with E-state index >= 15 is 0 Å². The number of rotatable bonds is 5. The van der Waals surface area contributed by atoms with Crippen LogP contribution in [0.1, 0.15) is 31.9 Å². The first-order valence-electron chi connectivity index (χ1n) is 6.55. The molecule has 1 saturated heterocycles. The smallest absolute Gasteiger partial charge is 0.119 e. The number of benzene rings is 1. The maximum Gasteiger partial charge on any atom is 0.119 e. The van der Waals surface area contributed by atoms with E-state index in [4.69, 9.17) is 15.3 Å². The van der Waals surface area contributed by atoms with Crippen molar-refractivity contribution in [1.29, 1.82) is 0 Å². The number of hydrogen-bond donors (Lipinski definition) is 2. The van der Waals surface area contributed by atoms with Gasteiger partial charge in [-0.05, 0) is 38.0 Å². The van der Waals surface area contributed by atoms with Gasteiger partial charge in [-0.15, -0.1) is 0 Å². The maximum absolute atomic E-state index is 5.69. The second-order valence-electron chi connectivity index (χ2n) is 4.79. The molecular weight excluding hydrogens is 228 g/mol. The molecule has 0 aromatic heterocycles. The molecule has 3 atom stereocenters. The van der Waals surface area contributed by atoms with E-state index in [-0.39, 0.29) is 6.04 Å². The monoisotopic (exact) mass is 250 g/mol. The Hall–Kier alpha value is -1.10. The summed E-state index contributed by atoms with van der Waals surface area (Å²) >= 11 is 0. The molecular formula is C14H22N2O2. The molecule has 0 amide bonds. The van der Waals surface area contributed by atoms with E-state index in [2.05, 4.69) is 24.5 Å². The third-order valence-electron chi connectivity index (χ3n) is 3.43. The summed E-state index contributed by atoms with van der Waals surface area (Å²) in [6.07, 6.45) is 1.37. The van der Waals surface area contributed by atoms with Gasteiger partial charge in [-0.25, -0.2) is 0 Å². The highest BCUT2D eigenvalue weighted by Crippen LogP contribution is 2.31. The van der Waals surface area contributed by atoms with Crippen molar-refractivity contribution in [2.45, 2.75) is 32.4 Å². The molecule has 0 spiro atoms. The highest BCUT2D eigenvalue weighted by atomic mass is 16.5. The van der Waals surface area contributed by atoms with Gasteiger partial charge in [-0.1, -0.05) is 12.1 Å². The molecule has 1 aliphatic heterocycles. The van der Waals surface area contributed by atoms with Crippen LogP contribution in [0.4, 0.5) is 0 Å². The second kappa shape index (κ2) is 6.18. The third kappa shape index (κ3) is 3.02. The molecule has 4 nitrogen and oxygen atoms in total. The van der Waals surface area contributed by atoms with Crippen molar-refractivity contribution in [2.24, 2.45) is 11.8 Å². The van der Waals surface area contributed by atoms with Crippen LogP contribution in [0.15, 0.2) is 24.3 Å². The van der Waals surface area contributed by atoms with Crippen molar-refractivity contribution in [3.05, 3.63) is 29.8 Å². The van der Waals surface area contributed by atoms with E-state index in [1.807, 2.05) is 19.1 Å². The van der Waals surface area contributed by atoms with Gasteiger partial charge in [-0.3, -0.25) is 11.3 Å². The number of hydrazine groups is 1. The van der Waals surface area contributed by atoms with Crippen LogP contribution < -0.4 is 16.0 Å². The highest BCUT2D eigenvalue weighted by molar-refractivity contribution is 5.29. The van der Waals surface area contributed by atoms with Gasteiger partial charge in [0.1, 0.15) is 5.75 Å². The van der Waals surface area contributed by atoms with E-state index in [0.29, 0.717) is 18.6 Å². The van der Waals surface area contributed by atoms with Crippen LogP contribution in [0.3, 0.4) is 0 Å². The Morgan fingerprint density at radius 3 is 2.67 bits per heavy atom.